The van der Waals surface area contributed by atoms with Crippen molar-refractivity contribution in [3.63, 3.8) is 0 Å². The number of hydrogen-bond acceptors (Lipinski definition) is 6. The van der Waals surface area contributed by atoms with Crippen LogP contribution in [-0.4, -0.2) is 41.1 Å². The van der Waals surface area contributed by atoms with Crippen LogP contribution in [0.15, 0.2) is 29.7 Å². The molecule has 6 nitrogen and oxygen atoms in total. The van der Waals surface area contributed by atoms with Gasteiger partial charge in [-0.2, -0.15) is 0 Å². The summed E-state index contributed by atoms with van der Waals surface area (Å²) in [6.45, 7) is 2.20. The molecule has 0 spiro atoms. The number of rotatable bonds is 3. The summed E-state index contributed by atoms with van der Waals surface area (Å²) in [5, 5.41) is 0.361. The standard InChI is InChI=1S/C14H15ClN4O2S/c1-22(20,21)14-17-7-11-4-5-19(9-12(11)18-14)8-10-2-3-13(15)16-6-10/h2-3,6-7H,4-5,8-9H2,1H3. The van der Waals surface area contributed by atoms with Crippen LogP contribution in [0.1, 0.15) is 16.8 Å². The Kier molecular flexibility index (Phi) is 4.12. The van der Waals surface area contributed by atoms with E-state index in [0.717, 1.165) is 42.6 Å². The quantitative estimate of drug-likeness (QED) is 0.623. The fourth-order valence-corrected chi connectivity index (χ4v) is 3.04. The maximum absolute atomic E-state index is 11.6. The van der Waals surface area contributed by atoms with Crippen molar-refractivity contribution in [2.75, 3.05) is 12.8 Å². The molecule has 0 saturated carbocycles. The van der Waals surface area contributed by atoms with Crippen molar-refractivity contribution < 1.29 is 8.42 Å². The predicted molar refractivity (Wildman–Crippen MR) is 82.2 cm³/mol. The SMILES string of the molecule is CS(=O)(=O)c1ncc2c(n1)CN(Cc1ccc(Cl)nc1)CC2. The van der Waals surface area contributed by atoms with E-state index in [9.17, 15) is 8.42 Å². The van der Waals surface area contributed by atoms with E-state index in [0.29, 0.717) is 11.7 Å². The maximum Gasteiger partial charge on any atom is 0.247 e. The smallest absolute Gasteiger partial charge is 0.247 e. The van der Waals surface area contributed by atoms with Gasteiger partial charge in [0.05, 0.1) is 5.69 Å². The maximum atomic E-state index is 11.6. The lowest BCUT2D eigenvalue weighted by atomic mass is 10.1. The first-order valence-corrected chi connectivity index (χ1v) is 9.06. The van der Waals surface area contributed by atoms with E-state index in [1.807, 2.05) is 6.07 Å². The van der Waals surface area contributed by atoms with Crippen molar-refractivity contribution in [3.8, 4) is 0 Å². The van der Waals surface area contributed by atoms with E-state index in [1.54, 1.807) is 18.5 Å². The molecule has 0 unspecified atom stereocenters. The molecule has 2 aromatic rings. The zero-order valence-corrected chi connectivity index (χ0v) is 13.6. The third kappa shape index (κ3) is 3.43. The van der Waals surface area contributed by atoms with Gasteiger partial charge in [0.1, 0.15) is 5.15 Å². The summed E-state index contributed by atoms with van der Waals surface area (Å²) in [5.74, 6) is 0. The molecule has 0 atom stereocenters. The average molecular weight is 339 g/mol. The minimum absolute atomic E-state index is 0.110. The molecule has 0 radical (unpaired) electrons. The normalized spacial score (nSPS) is 15.5. The van der Waals surface area contributed by atoms with Crippen molar-refractivity contribution in [2.24, 2.45) is 0 Å². The fraction of sp³-hybridized carbons (Fsp3) is 0.357. The molecule has 0 N–H and O–H groups in total. The highest BCUT2D eigenvalue weighted by atomic mass is 35.5. The second-order valence-corrected chi connectivity index (χ2v) is 7.64. The Balaban J connectivity index is 1.79. The van der Waals surface area contributed by atoms with Gasteiger partial charge in [0.25, 0.3) is 0 Å². The molecule has 1 aliphatic heterocycles. The first-order valence-electron chi connectivity index (χ1n) is 6.79. The summed E-state index contributed by atoms with van der Waals surface area (Å²) in [5.41, 5.74) is 2.85. The monoisotopic (exact) mass is 338 g/mol. The second-order valence-electron chi connectivity index (χ2n) is 5.35. The van der Waals surface area contributed by atoms with Crippen LogP contribution in [0.25, 0.3) is 0 Å². The van der Waals surface area contributed by atoms with Gasteiger partial charge >= 0.3 is 0 Å². The zero-order valence-electron chi connectivity index (χ0n) is 12.0. The molecule has 0 aliphatic carbocycles. The predicted octanol–water partition coefficient (Wildman–Crippen LogP) is 1.49. The number of sulfone groups is 1. The number of halogens is 1. The molecule has 22 heavy (non-hydrogen) atoms. The molecule has 2 aromatic heterocycles. The van der Waals surface area contributed by atoms with Crippen LogP contribution < -0.4 is 0 Å². The van der Waals surface area contributed by atoms with Gasteiger partial charge in [0.2, 0.25) is 15.0 Å². The minimum Gasteiger partial charge on any atom is -0.293 e. The average Bonchev–Trinajstić information content (AvgIpc) is 2.48. The van der Waals surface area contributed by atoms with E-state index in [-0.39, 0.29) is 5.16 Å². The molecule has 0 bridgehead atoms. The largest absolute Gasteiger partial charge is 0.293 e. The van der Waals surface area contributed by atoms with Crippen LogP contribution in [0, 0.1) is 0 Å². The lowest BCUT2D eigenvalue weighted by Gasteiger charge is -2.27. The van der Waals surface area contributed by atoms with Crippen molar-refractivity contribution >= 4 is 21.4 Å². The Morgan fingerprint density at radius 2 is 2.09 bits per heavy atom. The highest BCUT2D eigenvalue weighted by Gasteiger charge is 2.21. The molecular weight excluding hydrogens is 324 g/mol. The van der Waals surface area contributed by atoms with Crippen molar-refractivity contribution in [3.05, 3.63) is 46.5 Å². The van der Waals surface area contributed by atoms with Crippen LogP contribution in [0.4, 0.5) is 0 Å². The molecule has 0 saturated heterocycles. The van der Waals surface area contributed by atoms with Crippen LogP contribution in [0.3, 0.4) is 0 Å². The second kappa shape index (κ2) is 5.91. The number of aromatic nitrogens is 3. The molecule has 0 aromatic carbocycles. The molecule has 1 aliphatic rings. The zero-order chi connectivity index (χ0) is 15.7. The highest BCUT2D eigenvalue weighted by molar-refractivity contribution is 7.90. The van der Waals surface area contributed by atoms with Crippen LogP contribution in [0.2, 0.25) is 5.15 Å². The van der Waals surface area contributed by atoms with Gasteiger partial charge < -0.3 is 0 Å². The summed E-state index contributed by atoms with van der Waals surface area (Å²) in [4.78, 5) is 14.4. The number of nitrogens with zero attached hydrogens (tertiary/aromatic N) is 4. The fourth-order valence-electron chi connectivity index (χ4n) is 2.41. The lowest BCUT2D eigenvalue weighted by Crippen LogP contribution is -2.31. The van der Waals surface area contributed by atoms with Crippen molar-refractivity contribution in [1.29, 1.82) is 0 Å². The van der Waals surface area contributed by atoms with Gasteiger partial charge in [-0.15, -0.1) is 0 Å². The summed E-state index contributed by atoms with van der Waals surface area (Å²) >= 11 is 5.78. The van der Waals surface area contributed by atoms with E-state index in [2.05, 4.69) is 19.9 Å². The number of hydrogen-bond donors (Lipinski definition) is 0. The summed E-state index contributed by atoms with van der Waals surface area (Å²) in [6.07, 6.45) is 5.30. The third-order valence-corrected chi connectivity index (χ3v) is 4.61. The van der Waals surface area contributed by atoms with E-state index < -0.39 is 9.84 Å². The Morgan fingerprint density at radius 1 is 1.27 bits per heavy atom. The number of pyridine rings is 1. The van der Waals surface area contributed by atoms with Gasteiger partial charge in [-0.1, -0.05) is 17.7 Å². The molecule has 0 fully saturated rings. The van der Waals surface area contributed by atoms with E-state index in [1.165, 1.54) is 0 Å². The summed E-state index contributed by atoms with van der Waals surface area (Å²) in [7, 11) is -3.38. The Labute approximate surface area is 134 Å². The Hall–Kier alpha value is -1.57. The van der Waals surface area contributed by atoms with E-state index in [4.69, 9.17) is 11.6 Å². The lowest BCUT2D eigenvalue weighted by molar-refractivity contribution is 0.239. The summed E-state index contributed by atoms with van der Waals surface area (Å²) < 4.78 is 23.1. The van der Waals surface area contributed by atoms with Crippen LogP contribution in [0.5, 0.6) is 0 Å². The molecule has 3 rings (SSSR count). The van der Waals surface area contributed by atoms with Crippen LogP contribution in [-0.2, 0) is 29.3 Å². The third-order valence-electron chi connectivity index (χ3n) is 3.53. The Morgan fingerprint density at radius 3 is 2.77 bits per heavy atom. The first kappa shape index (κ1) is 15.3. The molecule has 116 valence electrons. The van der Waals surface area contributed by atoms with Crippen molar-refractivity contribution in [1.82, 2.24) is 19.9 Å². The van der Waals surface area contributed by atoms with Crippen LogP contribution >= 0.6 is 11.6 Å². The van der Waals surface area contributed by atoms with E-state index >= 15 is 0 Å². The highest BCUT2D eigenvalue weighted by Crippen LogP contribution is 2.19. The minimum atomic E-state index is -3.38. The Bertz CT molecular complexity index is 793. The van der Waals surface area contributed by atoms with Gasteiger partial charge in [-0.05, 0) is 23.6 Å². The van der Waals surface area contributed by atoms with Gasteiger partial charge in [0, 0.05) is 38.3 Å². The topological polar surface area (TPSA) is 76.1 Å². The molecular formula is C14H15ClN4O2S. The first-order chi connectivity index (χ1) is 10.4. The summed E-state index contributed by atoms with van der Waals surface area (Å²) in [6, 6.07) is 3.70. The molecule has 3 heterocycles. The molecule has 0 amide bonds. The number of fused-ring (bicyclic) bond motifs is 1. The van der Waals surface area contributed by atoms with Gasteiger partial charge in [-0.25, -0.2) is 23.4 Å². The van der Waals surface area contributed by atoms with Gasteiger partial charge in [-0.3, -0.25) is 4.90 Å². The van der Waals surface area contributed by atoms with Crippen molar-refractivity contribution in [2.45, 2.75) is 24.7 Å². The molecule has 8 heteroatoms. The van der Waals surface area contributed by atoms with Gasteiger partial charge in [0.15, 0.2) is 0 Å².